The summed E-state index contributed by atoms with van der Waals surface area (Å²) in [5.41, 5.74) is 9.50. The van der Waals surface area contributed by atoms with Gasteiger partial charge in [0.25, 0.3) is 0 Å². The Morgan fingerprint density at radius 1 is 1.35 bits per heavy atom. The first kappa shape index (κ1) is 13.2. The van der Waals surface area contributed by atoms with Gasteiger partial charge in [-0.15, -0.1) is 0 Å². The third-order valence-corrected chi connectivity index (χ3v) is 3.86. The molecule has 0 amide bonds. The third kappa shape index (κ3) is 2.70. The zero-order valence-corrected chi connectivity index (χ0v) is 12.0. The van der Waals surface area contributed by atoms with Gasteiger partial charge in [-0.25, -0.2) is 4.98 Å². The van der Waals surface area contributed by atoms with Gasteiger partial charge in [-0.05, 0) is 24.0 Å². The van der Waals surface area contributed by atoms with Crippen LogP contribution in [0.5, 0.6) is 0 Å². The molecule has 0 saturated carbocycles. The fourth-order valence-electron chi connectivity index (χ4n) is 3.01. The van der Waals surface area contributed by atoms with E-state index in [4.69, 9.17) is 5.73 Å². The van der Waals surface area contributed by atoms with Crippen molar-refractivity contribution in [2.45, 2.75) is 26.4 Å². The van der Waals surface area contributed by atoms with Crippen molar-refractivity contribution in [2.24, 2.45) is 11.7 Å². The fourth-order valence-corrected chi connectivity index (χ4v) is 3.01. The molecule has 1 aromatic carbocycles. The van der Waals surface area contributed by atoms with Gasteiger partial charge in [0.05, 0.1) is 18.6 Å². The van der Waals surface area contributed by atoms with Crippen LogP contribution in [0.4, 0.5) is 5.69 Å². The van der Waals surface area contributed by atoms with E-state index in [-0.39, 0.29) is 0 Å². The van der Waals surface area contributed by atoms with Crippen LogP contribution < -0.4 is 10.6 Å². The summed E-state index contributed by atoms with van der Waals surface area (Å²) in [6.45, 7) is 5.77. The van der Waals surface area contributed by atoms with Gasteiger partial charge in [-0.3, -0.25) is 0 Å². The van der Waals surface area contributed by atoms with Gasteiger partial charge >= 0.3 is 0 Å². The molecule has 20 heavy (non-hydrogen) atoms. The monoisotopic (exact) mass is 270 g/mol. The summed E-state index contributed by atoms with van der Waals surface area (Å²) >= 11 is 0. The molecular weight excluding hydrogens is 248 g/mol. The van der Waals surface area contributed by atoms with E-state index < -0.39 is 0 Å². The number of hydrogen-bond acceptors (Lipinski definition) is 3. The van der Waals surface area contributed by atoms with Crippen LogP contribution in [0.25, 0.3) is 0 Å². The number of aromatic nitrogens is 2. The smallest absolute Gasteiger partial charge is 0.0950 e. The molecule has 1 aromatic heterocycles. The van der Waals surface area contributed by atoms with Crippen LogP contribution in [0, 0.1) is 5.92 Å². The minimum Gasteiger partial charge on any atom is -0.365 e. The minimum absolute atomic E-state index is 0.652. The van der Waals surface area contributed by atoms with Crippen molar-refractivity contribution in [3.8, 4) is 0 Å². The topological polar surface area (TPSA) is 47.1 Å². The normalized spacial score (nSPS) is 18.1. The molecule has 0 saturated heterocycles. The summed E-state index contributed by atoms with van der Waals surface area (Å²) in [7, 11) is 0. The van der Waals surface area contributed by atoms with Crippen molar-refractivity contribution in [3.05, 3.63) is 48.0 Å². The lowest BCUT2D eigenvalue weighted by molar-refractivity contribution is 0.528. The Hall–Kier alpha value is -1.81. The summed E-state index contributed by atoms with van der Waals surface area (Å²) in [5, 5.41) is 0. The summed E-state index contributed by atoms with van der Waals surface area (Å²) in [4.78, 5) is 6.94. The van der Waals surface area contributed by atoms with Crippen molar-refractivity contribution >= 4 is 5.69 Å². The standard InChI is InChI=1S/C16H22N4/c1-13-8-14-4-2-3-5-16(14)20(9-13)11-15-10-19(7-6-17)12-18-15/h2-5,10,12-13H,6-9,11,17H2,1H3. The Kier molecular flexibility index (Phi) is 3.74. The van der Waals surface area contributed by atoms with Crippen LogP contribution in [0.15, 0.2) is 36.8 Å². The van der Waals surface area contributed by atoms with Crippen molar-refractivity contribution in [1.29, 1.82) is 0 Å². The van der Waals surface area contributed by atoms with Crippen LogP contribution in [0.1, 0.15) is 18.2 Å². The maximum absolute atomic E-state index is 5.58. The summed E-state index contributed by atoms with van der Waals surface area (Å²) in [6.07, 6.45) is 5.16. The fraction of sp³-hybridized carbons (Fsp3) is 0.438. The maximum atomic E-state index is 5.58. The molecule has 106 valence electrons. The number of anilines is 1. The second-order valence-electron chi connectivity index (χ2n) is 5.71. The molecule has 2 heterocycles. The number of benzene rings is 1. The van der Waals surface area contributed by atoms with Gasteiger partial charge in [0, 0.05) is 31.5 Å². The van der Waals surface area contributed by atoms with Crippen LogP contribution in [-0.4, -0.2) is 22.6 Å². The van der Waals surface area contributed by atoms with E-state index in [0.717, 1.165) is 25.3 Å². The molecule has 0 bridgehead atoms. The van der Waals surface area contributed by atoms with Crippen LogP contribution >= 0.6 is 0 Å². The number of nitrogens with two attached hydrogens (primary N) is 1. The lowest BCUT2D eigenvalue weighted by Crippen LogP contribution is -2.33. The molecule has 4 heteroatoms. The first-order chi connectivity index (χ1) is 9.76. The molecule has 1 unspecified atom stereocenters. The molecular formula is C16H22N4. The summed E-state index contributed by atoms with van der Waals surface area (Å²) in [5.74, 6) is 0.691. The quantitative estimate of drug-likeness (QED) is 0.925. The van der Waals surface area contributed by atoms with Gasteiger partial charge < -0.3 is 15.2 Å². The number of imidazole rings is 1. The first-order valence-corrected chi connectivity index (χ1v) is 7.30. The zero-order valence-electron chi connectivity index (χ0n) is 12.0. The lowest BCUT2D eigenvalue weighted by Gasteiger charge is -2.34. The molecule has 2 N–H and O–H groups in total. The average molecular weight is 270 g/mol. The second kappa shape index (κ2) is 5.67. The highest BCUT2D eigenvalue weighted by Crippen LogP contribution is 2.30. The molecule has 1 aliphatic rings. The predicted octanol–water partition coefficient (Wildman–Crippen LogP) is 2.04. The van der Waals surface area contributed by atoms with Crippen LogP contribution in [0.3, 0.4) is 0 Å². The van der Waals surface area contributed by atoms with E-state index in [1.807, 2.05) is 6.33 Å². The Morgan fingerprint density at radius 2 is 2.20 bits per heavy atom. The highest BCUT2D eigenvalue weighted by molar-refractivity contribution is 5.55. The first-order valence-electron chi connectivity index (χ1n) is 7.30. The van der Waals surface area contributed by atoms with Gasteiger partial charge in [0.2, 0.25) is 0 Å². The zero-order chi connectivity index (χ0) is 13.9. The highest BCUT2D eigenvalue weighted by atomic mass is 15.2. The summed E-state index contributed by atoms with van der Waals surface area (Å²) in [6, 6.07) is 8.71. The number of para-hydroxylation sites is 1. The average Bonchev–Trinajstić information content (AvgIpc) is 2.86. The molecule has 2 aromatic rings. The Bertz CT molecular complexity index is 575. The molecule has 0 fully saturated rings. The van der Waals surface area contributed by atoms with Crippen LogP contribution in [0.2, 0.25) is 0 Å². The van der Waals surface area contributed by atoms with Crippen molar-refractivity contribution in [2.75, 3.05) is 18.0 Å². The Balaban J connectivity index is 1.79. The Morgan fingerprint density at radius 3 is 3.05 bits per heavy atom. The lowest BCUT2D eigenvalue weighted by atomic mass is 9.94. The molecule has 1 aliphatic heterocycles. The highest BCUT2D eigenvalue weighted by Gasteiger charge is 2.21. The van der Waals surface area contributed by atoms with E-state index >= 15 is 0 Å². The van der Waals surface area contributed by atoms with E-state index in [1.165, 1.54) is 17.7 Å². The van der Waals surface area contributed by atoms with E-state index in [9.17, 15) is 0 Å². The van der Waals surface area contributed by atoms with Crippen LogP contribution in [-0.2, 0) is 19.5 Å². The largest absolute Gasteiger partial charge is 0.365 e. The minimum atomic E-state index is 0.652. The van der Waals surface area contributed by atoms with Gasteiger partial charge in [-0.2, -0.15) is 0 Å². The SMILES string of the molecule is CC1Cc2ccccc2N(Cc2cn(CCN)cn2)C1. The van der Waals surface area contributed by atoms with Gasteiger partial charge in [-0.1, -0.05) is 25.1 Å². The number of hydrogen-bond donors (Lipinski definition) is 1. The van der Waals surface area contributed by atoms with Gasteiger partial charge in [0.15, 0.2) is 0 Å². The van der Waals surface area contributed by atoms with Crippen molar-refractivity contribution in [3.63, 3.8) is 0 Å². The Labute approximate surface area is 120 Å². The third-order valence-electron chi connectivity index (χ3n) is 3.86. The molecule has 0 radical (unpaired) electrons. The number of rotatable bonds is 4. The molecule has 4 nitrogen and oxygen atoms in total. The molecule has 1 atom stereocenters. The molecule has 0 spiro atoms. The van der Waals surface area contributed by atoms with E-state index in [1.54, 1.807) is 0 Å². The van der Waals surface area contributed by atoms with E-state index in [2.05, 4.69) is 51.8 Å². The van der Waals surface area contributed by atoms with Crippen molar-refractivity contribution < 1.29 is 0 Å². The second-order valence-corrected chi connectivity index (χ2v) is 5.71. The maximum Gasteiger partial charge on any atom is 0.0950 e. The number of fused-ring (bicyclic) bond motifs is 1. The molecule has 0 aliphatic carbocycles. The predicted molar refractivity (Wildman–Crippen MR) is 81.6 cm³/mol. The van der Waals surface area contributed by atoms with E-state index in [0.29, 0.717) is 12.5 Å². The van der Waals surface area contributed by atoms with Gasteiger partial charge in [0.1, 0.15) is 0 Å². The molecule has 3 rings (SSSR count). The van der Waals surface area contributed by atoms with Crippen molar-refractivity contribution in [1.82, 2.24) is 9.55 Å². The summed E-state index contributed by atoms with van der Waals surface area (Å²) < 4.78 is 2.06. The number of nitrogens with zero attached hydrogens (tertiary/aromatic N) is 3.